The van der Waals surface area contributed by atoms with Crippen molar-refractivity contribution in [3.8, 4) is 11.5 Å². The Balaban J connectivity index is 1.96. The Morgan fingerprint density at radius 3 is 2.67 bits per heavy atom. The van der Waals surface area contributed by atoms with Gasteiger partial charge in [0.15, 0.2) is 11.5 Å². The Morgan fingerprint density at radius 1 is 1.15 bits per heavy atom. The normalized spacial score (nSPS) is 10.6. The highest BCUT2D eigenvalue weighted by atomic mass is 16.5. The van der Waals surface area contributed by atoms with Crippen LogP contribution < -0.4 is 20.5 Å². The van der Waals surface area contributed by atoms with Gasteiger partial charge in [-0.2, -0.15) is 0 Å². The van der Waals surface area contributed by atoms with Crippen molar-refractivity contribution < 1.29 is 19.1 Å². The fourth-order valence-corrected chi connectivity index (χ4v) is 2.37. The first-order chi connectivity index (χ1) is 13.0. The van der Waals surface area contributed by atoms with Crippen molar-refractivity contribution in [2.24, 2.45) is 5.73 Å². The smallest absolute Gasteiger partial charge is 0.248 e. The fraction of sp³-hybridized carbons (Fsp3) is 0.238. The van der Waals surface area contributed by atoms with E-state index in [1.54, 1.807) is 31.4 Å². The summed E-state index contributed by atoms with van der Waals surface area (Å²) in [7, 11) is 1.58. The van der Waals surface area contributed by atoms with E-state index in [1.165, 1.54) is 6.08 Å². The number of methoxy groups -OCH3 is 1. The number of nitrogens with two attached hydrogens (primary N) is 1. The third-order valence-corrected chi connectivity index (χ3v) is 3.75. The van der Waals surface area contributed by atoms with Gasteiger partial charge in [0.1, 0.15) is 0 Å². The summed E-state index contributed by atoms with van der Waals surface area (Å²) in [6.45, 7) is 2.95. The predicted molar refractivity (Wildman–Crippen MR) is 105 cm³/mol. The second-order valence-corrected chi connectivity index (χ2v) is 5.87. The molecule has 0 fully saturated rings. The van der Waals surface area contributed by atoms with Crippen LogP contribution in [0.4, 0.5) is 0 Å². The van der Waals surface area contributed by atoms with Crippen LogP contribution in [0, 0.1) is 0 Å². The third kappa shape index (κ3) is 6.18. The zero-order valence-corrected chi connectivity index (χ0v) is 15.5. The average molecular weight is 368 g/mol. The van der Waals surface area contributed by atoms with Gasteiger partial charge in [-0.05, 0) is 47.9 Å². The van der Waals surface area contributed by atoms with Crippen molar-refractivity contribution in [3.05, 3.63) is 65.2 Å². The first kappa shape index (κ1) is 20.0. The molecule has 2 rings (SSSR count). The van der Waals surface area contributed by atoms with Gasteiger partial charge < -0.3 is 20.5 Å². The van der Waals surface area contributed by atoms with Crippen LogP contribution in [-0.2, 0) is 11.3 Å². The van der Waals surface area contributed by atoms with E-state index in [0.717, 1.165) is 17.5 Å². The molecule has 0 aliphatic carbocycles. The molecule has 0 atom stereocenters. The summed E-state index contributed by atoms with van der Waals surface area (Å²) < 4.78 is 10.9. The van der Waals surface area contributed by atoms with E-state index in [4.69, 9.17) is 15.2 Å². The summed E-state index contributed by atoms with van der Waals surface area (Å²) in [5, 5.41) is 2.77. The summed E-state index contributed by atoms with van der Waals surface area (Å²) in [5.41, 5.74) is 7.29. The van der Waals surface area contributed by atoms with E-state index in [0.29, 0.717) is 30.2 Å². The van der Waals surface area contributed by atoms with Gasteiger partial charge in [0.25, 0.3) is 0 Å². The first-order valence-electron chi connectivity index (χ1n) is 8.69. The van der Waals surface area contributed by atoms with Gasteiger partial charge in [-0.1, -0.05) is 25.1 Å². The Hall–Kier alpha value is -3.28. The summed E-state index contributed by atoms with van der Waals surface area (Å²) >= 11 is 0. The maximum Gasteiger partial charge on any atom is 0.248 e. The molecule has 0 aliphatic rings. The zero-order chi connectivity index (χ0) is 19.6. The highest BCUT2D eigenvalue weighted by Gasteiger charge is 2.05. The number of amides is 2. The number of ether oxygens (including phenoxy) is 2. The van der Waals surface area contributed by atoms with Crippen LogP contribution in [0.3, 0.4) is 0 Å². The van der Waals surface area contributed by atoms with Gasteiger partial charge in [0.2, 0.25) is 11.8 Å². The maximum absolute atomic E-state index is 12.0. The van der Waals surface area contributed by atoms with Crippen molar-refractivity contribution in [2.45, 2.75) is 19.9 Å². The number of rotatable bonds is 9. The van der Waals surface area contributed by atoms with Crippen LogP contribution in [0.5, 0.6) is 11.5 Å². The molecule has 0 saturated heterocycles. The van der Waals surface area contributed by atoms with Gasteiger partial charge in [-0.15, -0.1) is 0 Å². The topological polar surface area (TPSA) is 90.6 Å². The van der Waals surface area contributed by atoms with E-state index in [1.807, 2.05) is 31.2 Å². The van der Waals surface area contributed by atoms with Crippen molar-refractivity contribution >= 4 is 17.9 Å². The molecule has 0 aliphatic heterocycles. The van der Waals surface area contributed by atoms with Crippen LogP contribution in [0.25, 0.3) is 6.08 Å². The number of hydrogen-bond acceptors (Lipinski definition) is 4. The van der Waals surface area contributed by atoms with Crippen LogP contribution >= 0.6 is 0 Å². The minimum Gasteiger partial charge on any atom is -0.493 e. The molecule has 0 unspecified atom stereocenters. The lowest BCUT2D eigenvalue weighted by Gasteiger charge is -2.10. The Kier molecular flexibility index (Phi) is 7.43. The average Bonchev–Trinajstić information content (AvgIpc) is 2.69. The molecule has 0 radical (unpaired) electrons. The first-order valence-corrected chi connectivity index (χ1v) is 8.69. The van der Waals surface area contributed by atoms with Gasteiger partial charge in [0, 0.05) is 18.2 Å². The molecule has 27 heavy (non-hydrogen) atoms. The molecule has 0 heterocycles. The minimum absolute atomic E-state index is 0.246. The molecule has 0 spiro atoms. The van der Waals surface area contributed by atoms with Crippen LogP contribution in [0.2, 0.25) is 0 Å². The maximum atomic E-state index is 12.0. The standard InChI is InChI=1S/C21H24N2O4/c1-3-11-27-18-9-7-15(13-19(18)26-2)8-10-20(24)23-14-16-5-4-6-17(12-16)21(22)25/h4-10,12-13H,3,11,14H2,1-2H3,(H2,22,25)(H,23,24)/b10-8+. The quantitative estimate of drug-likeness (QED) is 0.666. The van der Waals surface area contributed by atoms with Crippen LogP contribution in [0.1, 0.15) is 34.8 Å². The van der Waals surface area contributed by atoms with Gasteiger partial charge in [-0.3, -0.25) is 9.59 Å². The lowest BCUT2D eigenvalue weighted by atomic mass is 10.1. The van der Waals surface area contributed by atoms with Crippen LogP contribution in [0.15, 0.2) is 48.5 Å². The number of benzene rings is 2. The summed E-state index contributed by atoms with van der Waals surface area (Å²) in [6, 6.07) is 12.3. The highest BCUT2D eigenvalue weighted by Crippen LogP contribution is 2.28. The molecule has 0 aromatic heterocycles. The third-order valence-electron chi connectivity index (χ3n) is 3.75. The zero-order valence-electron chi connectivity index (χ0n) is 15.5. The van der Waals surface area contributed by atoms with E-state index in [2.05, 4.69) is 5.32 Å². The van der Waals surface area contributed by atoms with E-state index < -0.39 is 5.91 Å². The number of nitrogens with one attached hydrogen (secondary N) is 1. The Labute approximate surface area is 159 Å². The predicted octanol–water partition coefficient (Wildman–Crippen LogP) is 2.91. The fourth-order valence-electron chi connectivity index (χ4n) is 2.37. The van der Waals surface area contributed by atoms with E-state index >= 15 is 0 Å². The summed E-state index contributed by atoms with van der Waals surface area (Å²) in [6.07, 6.45) is 4.05. The SMILES string of the molecule is CCCOc1ccc(/C=C/C(=O)NCc2cccc(C(N)=O)c2)cc1OC. The minimum atomic E-state index is -0.497. The largest absolute Gasteiger partial charge is 0.493 e. The number of hydrogen-bond donors (Lipinski definition) is 2. The lowest BCUT2D eigenvalue weighted by Crippen LogP contribution is -2.20. The molecule has 3 N–H and O–H groups in total. The molecule has 142 valence electrons. The van der Waals surface area contributed by atoms with Crippen molar-refractivity contribution in [3.63, 3.8) is 0 Å². The second-order valence-electron chi connectivity index (χ2n) is 5.87. The molecular formula is C21H24N2O4. The second kappa shape index (κ2) is 10.0. The summed E-state index contributed by atoms with van der Waals surface area (Å²) in [5.74, 6) is 0.553. The number of primary amides is 1. The molecule has 2 amide bonds. The van der Waals surface area contributed by atoms with Crippen molar-refractivity contribution in [1.82, 2.24) is 5.32 Å². The molecule has 6 nitrogen and oxygen atoms in total. The van der Waals surface area contributed by atoms with E-state index in [-0.39, 0.29) is 5.91 Å². The molecule has 0 saturated carbocycles. The Morgan fingerprint density at radius 2 is 1.96 bits per heavy atom. The lowest BCUT2D eigenvalue weighted by molar-refractivity contribution is -0.116. The molecule has 6 heteroatoms. The number of carbonyl (C=O) groups is 2. The number of carbonyl (C=O) groups excluding carboxylic acids is 2. The van der Waals surface area contributed by atoms with Gasteiger partial charge in [0.05, 0.1) is 13.7 Å². The molecule has 2 aromatic rings. The van der Waals surface area contributed by atoms with Crippen molar-refractivity contribution in [2.75, 3.05) is 13.7 Å². The van der Waals surface area contributed by atoms with Gasteiger partial charge in [-0.25, -0.2) is 0 Å². The van der Waals surface area contributed by atoms with Crippen molar-refractivity contribution in [1.29, 1.82) is 0 Å². The Bertz CT molecular complexity index is 831. The molecule has 2 aromatic carbocycles. The molecule has 0 bridgehead atoms. The van der Waals surface area contributed by atoms with E-state index in [9.17, 15) is 9.59 Å². The van der Waals surface area contributed by atoms with Crippen LogP contribution in [-0.4, -0.2) is 25.5 Å². The summed E-state index contributed by atoms with van der Waals surface area (Å²) in [4.78, 5) is 23.2. The monoisotopic (exact) mass is 368 g/mol. The molecular weight excluding hydrogens is 344 g/mol. The van der Waals surface area contributed by atoms with Gasteiger partial charge >= 0.3 is 0 Å². The highest BCUT2D eigenvalue weighted by molar-refractivity contribution is 5.93.